The van der Waals surface area contributed by atoms with Crippen molar-refractivity contribution in [2.75, 3.05) is 6.61 Å². The van der Waals surface area contributed by atoms with Gasteiger partial charge in [-0.2, -0.15) is 0 Å². The molecular weight excluding hydrogens is 228 g/mol. The van der Waals surface area contributed by atoms with Gasteiger partial charge in [-0.05, 0) is 23.1 Å². The van der Waals surface area contributed by atoms with Crippen LogP contribution in [0.2, 0.25) is 0 Å². The minimum absolute atomic E-state index is 0.0557. The largest absolute Gasteiger partial charge is 0.710 e. The molecule has 0 radical (unpaired) electrons. The molecule has 2 heterocycles. The lowest BCUT2D eigenvalue weighted by atomic mass is 9.87. The van der Waals surface area contributed by atoms with Crippen LogP contribution in [0.5, 0.6) is 0 Å². The van der Waals surface area contributed by atoms with Crippen molar-refractivity contribution in [2.24, 2.45) is 0 Å². The van der Waals surface area contributed by atoms with Crippen LogP contribution >= 0.6 is 0 Å². The molecule has 0 atom stereocenters. The van der Waals surface area contributed by atoms with Crippen LogP contribution in [0.1, 0.15) is 32.2 Å². The highest BCUT2D eigenvalue weighted by molar-refractivity contribution is 5.74. The average molecular weight is 246 g/mol. The van der Waals surface area contributed by atoms with E-state index in [0.717, 1.165) is 22.3 Å². The Bertz CT molecular complexity index is 608. The third-order valence-corrected chi connectivity index (χ3v) is 3.59. The van der Waals surface area contributed by atoms with Gasteiger partial charge in [-0.15, -0.1) is 0 Å². The zero-order valence-electron chi connectivity index (χ0n) is 11.1. The molecule has 0 N–H and O–H groups in total. The van der Waals surface area contributed by atoms with Gasteiger partial charge < -0.3 is 9.94 Å². The lowest BCUT2D eigenvalue weighted by Crippen LogP contribution is -2.34. The highest BCUT2D eigenvalue weighted by Crippen LogP contribution is 2.26. The summed E-state index contributed by atoms with van der Waals surface area (Å²) in [6.07, 6.45) is 0. The molecule has 18 heavy (non-hydrogen) atoms. The summed E-state index contributed by atoms with van der Waals surface area (Å²) in [6, 6.07) is 6.18. The van der Waals surface area contributed by atoms with Crippen LogP contribution in [-0.2, 0) is 23.3 Å². The minimum Gasteiger partial charge on any atom is -0.710 e. The van der Waals surface area contributed by atoms with E-state index in [1.54, 1.807) is 0 Å². The van der Waals surface area contributed by atoms with Crippen molar-refractivity contribution in [1.29, 1.82) is 0 Å². The summed E-state index contributed by atoms with van der Waals surface area (Å²) >= 11 is 0. The normalized spacial score (nSPS) is 15.9. The van der Waals surface area contributed by atoms with E-state index in [1.165, 1.54) is 5.56 Å². The number of aromatic nitrogens is 2. The molecule has 0 amide bonds. The molecule has 96 valence electrons. The molecule has 0 saturated heterocycles. The second-order valence-corrected chi connectivity index (χ2v) is 5.87. The van der Waals surface area contributed by atoms with Gasteiger partial charge in [-0.3, -0.25) is 0 Å². The number of rotatable bonds is 0. The van der Waals surface area contributed by atoms with Crippen molar-refractivity contribution in [3.8, 4) is 0 Å². The topological polar surface area (TPSA) is 41.1 Å². The quantitative estimate of drug-likeness (QED) is 0.527. The number of hydrogen-bond donors (Lipinski definition) is 0. The first-order valence-electron chi connectivity index (χ1n) is 6.31. The van der Waals surface area contributed by atoms with Gasteiger partial charge in [0.15, 0.2) is 11.0 Å². The maximum Gasteiger partial charge on any atom is 0.287 e. The number of nitrogens with zero attached hydrogens (tertiary/aromatic N) is 2. The van der Waals surface area contributed by atoms with E-state index in [4.69, 9.17) is 4.74 Å². The van der Waals surface area contributed by atoms with E-state index in [9.17, 15) is 5.21 Å². The van der Waals surface area contributed by atoms with E-state index < -0.39 is 0 Å². The first-order chi connectivity index (χ1) is 8.48. The van der Waals surface area contributed by atoms with Crippen LogP contribution in [-0.4, -0.2) is 11.2 Å². The Kier molecular flexibility index (Phi) is 2.38. The van der Waals surface area contributed by atoms with E-state index in [0.29, 0.717) is 19.0 Å². The lowest BCUT2D eigenvalue weighted by Gasteiger charge is -2.18. The van der Waals surface area contributed by atoms with Crippen LogP contribution in [0, 0.1) is 5.21 Å². The van der Waals surface area contributed by atoms with Gasteiger partial charge in [0.05, 0.1) is 6.61 Å². The lowest BCUT2D eigenvalue weighted by molar-refractivity contribution is -0.591. The molecule has 0 unspecified atom stereocenters. The fourth-order valence-corrected chi connectivity index (χ4v) is 2.47. The van der Waals surface area contributed by atoms with Gasteiger partial charge in [0.1, 0.15) is 13.2 Å². The Labute approximate surface area is 106 Å². The highest BCUT2D eigenvalue weighted by atomic mass is 16.5. The first-order valence-corrected chi connectivity index (χ1v) is 6.31. The van der Waals surface area contributed by atoms with Crippen molar-refractivity contribution in [3.05, 3.63) is 34.8 Å². The summed E-state index contributed by atoms with van der Waals surface area (Å²) in [6.45, 7) is 8.31. The fourth-order valence-electron chi connectivity index (χ4n) is 2.47. The van der Waals surface area contributed by atoms with Crippen LogP contribution in [0.15, 0.2) is 18.2 Å². The first kappa shape index (κ1) is 11.5. The van der Waals surface area contributed by atoms with Crippen LogP contribution in [0.3, 0.4) is 0 Å². The Morgan fingerprint density at radius 3 is 2.83 bits per heavy atom. The number of ether oxygens (including phenoxy) is 1. The molecule has 1 aromatic heterocycles. The van der Waals surface area contributed by atoms with E-state index in [2.05, 4.69) is 37.5 Å². The summed E-state index contributed by atoms with van der Waals surface area (Å²) in [4.78, 5) is 0. The Balaban J connectivity index is 2.26. The van der Waals surface area contributed by atoms with Crippen LogP contribution in [0.4, 0.5) is 0 Å². The monoisotopic (exact) mass is 246 g/mol. The second kappa shape index (κ2) is 3.72. The van der Waals surface area contributed by atoms with Gasteiger partial charge in [0.2, 0.25) is 0 Å². The number of imidazole rings is 1. The van der Waals surface area contributed by atoms with Crippen LogP contribution < -0.4 is 4.73 Å². The molecule has 0 fully saturated rings. The zero-order valence-corrected chi connectivity index (χ0v) is 11.1. The Morgan fingerprint density at radius 2 is 2.11 bits per heavy atom. The van der Waals surface area contributed by atoms with Crippen molar-refractivity contribution in [1.82, 2.24) is 4.57 Å². The molecule has 0 bridgehead atoms. The van der Waals surface area contributed by atoms with Gasteiger partial charge in [0, 0.05) is 0 Å². The van der Waals surface area contributed by atoms with E-state index >= 15 is 0 Å². The number of fused-ring (bicyclic) bond motifs is 3. The maximum atomic E-state index is 12.3. The Morgan fingerprint density at radius 1 is 1.33 bits per heavy atom. The van der Waals surface area contributed by atoms with Gasteiger partial charge in [-0.1, -0.05) is 26.8 Å². The van der Waals surface area contributed by atoms with E-state index in [-0.39, 0.29) is 5.41 Å². The summed E-state index contributed by atoms with van der Waals surface area (Å²) in [5.41, 5.74) is 3.00. The zero-order chi connectivity index (χ0) is 12.9. The van der Waals surface area contributed by atoms with Gasteiger partial charge >= 0.3 is 0 Å². The average Bonchev–Trinajstić information content (AvgIpc) is 2.63. The summed E-state index contributed by atoms with van der Waals surface area (Å²) in [5.74, 6) is 0.710. The second-order valence-electron chi connectivity index (χ2n) is 5.87. The van der Waals surface area contributed by atoms with Gasteiger partial charge in [0.25, 0.3) is 5.82 Å². The third-order valence-electron chi connectivity index (χ3n) is 3.59. The molecule has 4 nitrogen and oxygen atoms in total. The summed E-state index contributed by atoms with van der Waals surface area (Å²) in [7, 11) is 0. The standard InChI is InChI=1S/C14H18N2O2/c1-14(2,3)10-4-5-11-12(8-10)16(17)13-9-18-7-6-15(11)13/h4-5,8H,6-7,9H2,1-3H3. The van der Waals surface area contributed by atoms with Crippen molar-refractivity contribution >= 4 is 11.0 Å². The predicted molar refractivity (Wildman–Crippen MR) is 69.3 cm³/mol. The van der Waals surface area contributed by atoms with Crippen molar-refractivity contribution in [2.45, 2.75) is 39.3 Å². The molecule has 1 aromatic carbocycles. The molecule has 1 aliphatic heterocycles. The van der Waals surface area contributed by atoms with Crippen molar-refractivity contribution in [3.63, 3.8) is 0 Å². The van der Waals surface area contributed by atoms with Crippen LogP contribution in [0.25, 0.3) is 11.0 Å². The molecule has 0 spiro atoms. The summed E-state index contributed by atoms with van der Waals surface area (Å²) in [5, 5.41) is 12.3. The predicted octanol–water partition coefficient (Wildman–Crippen LogP) is 2.10. The Hall–Kier alpha value is -1.55. The molecule has 0 saturated carbocycles. The van der Waals surface area contributed by atoms with E-state index in [1.807, 2.05) is 6.07 Å². The van der Waals surface area contributed by atoms with Gasteiger partial charge in [-0.25, -0.2) is 9.30 Å². The highest BCUT2D eigenvalue weighted by Gasteiger charge is 2.26. The van der Waals surface area contributed by atoms with Crippen molar-refractivity contribution < 1.29 is 9.47 Å². The maximum absolute atomic E-state index is 12.3. The summed E-state index contributed by atoms with van der Waals surface area (Å²) < 4.78 is 8.45. The number of benzene rings is 1. The number of hydrogen-bond acceptors (Lipinski definition) is 2. The molecule has 4 heteroatoms. The SMILES string of the molecule is CC(C)(C)c1ccc2c(c1)[n+]([O-])c1n2CCOC1. The smallest absolute Gasteiger partial charge is 0.287 e. The molecule has 1 aliphatic rings. The molecule has 3 rings (SSSR count). The fraction of sp³-hybridized carbons (Fsp3) is 0.500. The minimum atomic E-state index is 0.0557. The third kappa shape index (κ3) is 1.60. The molecule has 0 aliphatic carbocycles. The molecular formula is C14H18N2O2. The molecule has 2 aromatic rings.